The molecule has 1 aliphatic carbocycles. The van der Waals surface area contributed by atoms with E-state index in [0.717, 1.165) is 18.4 Å². The molecule has 54 heavy (non-hydrogen) atoms. The molecular formula is C39H58N6O9. The Bertz CT molecular complexity index is 1500. The topological polar surface area (TPSA) is 209 Å². The molecule has 0 spiro atoms. The fourth-order valence-corrected chi connectivity index (χ4v) is 6.68. The smallest absolute Gasteiger partial charge is 0.243 e. The first kappa shape index (κ1) is 43.7. The molecule has 15 heteroatoms. The fourth-order valence-electron chi connectivity index (χ4n) is 6.68. The number of rotatable bonds is 21. The molecule has 0 radical (unpaired) electrons. The molecular weight excluding hydrogens is 696 g/mol. The minimum Gasteiger partial charge on any atom is -0.347 e. The number of hydrogen-bond acceptors (Lipinski definition) is 9. The lowest BCUT2D eigenvalue weighted by molar-refractivity contribution is -0.155. The largest absolute Gasteiger partial charge is 0.347 e. The molecule has 0 aromatic heterocycles. The van der Waals surface area contributed by atoms with Crippen LogP contribution in [-0.4, -0.2) is 96.6 Å². The summed E-state index contributed by atoms with van der Waals surface area (Å²) in [6.45, 7) is 8.31. The van der Waals surface area contributed by atoms with Crippen LogP contribution in [-0.2, 0) is 49.5 Å². The van der Waals surface area contributed by atoms with E-state index < -0.39 is 53.8 Å². The van der Waals surface area contributed by atoms with E-state index in [1.165, 1.54) is 4.90 Å². The summed E-state index contributed by atoms with van der Waals surface area (Å²) < 4.78 is 5.94. The van der Waals surface area contributed by atoms with Crippen molar-refractivity contribution in [2.75, 3.05) is 32.9 Å². The number of ether oxygens (including phenoxy) is 1. The minimum absolute atomic E-state index is 0.00775. The number of ketones is 1. The number of unbranched alkanes of at least 4 members (excludes halogenated alkanes) is 2. The highest BCUT2D eigenvalue weighted by atomic mass is 16.5. The zero-order valence-corrected chi connectivity index (χ0v) is 32.3. The molecule has 2 fully saturated rings. The number of nitrogens with zero attached hydrogens (tertiary/aromatic N) is 1. The van der Waals surface area contributed by atoms with Gasteiger partial charge in [-0.15, -0.1) is 0 Å². The normalized spacial score (nSPS) is 17.2. The van der Waals surface area contributed by atoms with E-state index in [2.05, 4.69) is 26.6 Å². The second-order valence-electron chi connectivity index (χ2n) is 15.5. The monoisotopic (exact) mass is 754 g/mol. The molecule has 7 amide bonds. The third-order valence-electron chi connectivity index (χ3n) is 9.74. The second-order valence-corrected chi connectivity index (χ2v) is 15.5. The molecule has 15 nitrogen and oxygen atoms in total. The number of carbonyl (C=O) groups is 8. The van der Waals surface area contributed by atoms with Crippen LogP contribution >= 0.6 is 0 Å². The Balaban J connectivity index is 1.37. The van der Waals surface area contributed by atoms with Gasteiger partial charge in [0.1, 0.15) is 18.4 Å². The van der Waals surface area contributed by atoms with Crippen molar-refractivity contribution >= 4 is 47.1 Å². The van der Waals surface area contributed by atoms with Crippen LogP contribution < -0.4 is 26.6 Å². The van der Waals surface area contributed by atoms with E-state index in [4.69, 9.17) is 4.74 Å². The Labute approximate surface area is 317 Å². The minimum atomic E-state index is -1.06. The highest BCUT2D eigenvalue weighted by Crippen LogP contribution is 2.39. The predicted molar refractivity (Wildman–Crippen MR) is 199 cm³/mol. The van der Waals surface area contributed by atoms with Gasteiger partial charge in [-0.05, 0) is 50.0 Å². The molecule has 1 aromatic rings. The lowest BCUT2D eigenvalue weighted by Gasteiger charge is -2.33. The Morgan fingerprint density at radius 2 is 1.43 bits per heavy atom. The van der Waals surface area contributed by atoms with Crippen molar-refractivity contribution in [3.8, 4) is 0 Å². The van der Waals surface area contributed by atoms with Gasteiger partial charge in [-0.2, -0.15) is 0 Å². The van der Waals surface area contributed by atoms with E-state index in [9.17, 15) is 38.4 Å². The van der Waals surface area contributed by atoms with Crippen molar-refractivity contribution in [3.05, 3.63) is 35.9 Å². The molecule has 1 saturated carbocycles. The van der Waals surface area contributed by atoms with Crippen molar-refractivity contribution in [1.82, 2.24) is 31.5 Å². The number of nitrogens with one attached hydrogen (secondary N) is 5. The first-order valence-corrected chi connectivity index (χ1v) is 19.0. The van der Waals surface area contributed by atoms with Gasteiger partial charge >= 0.3 is 0 Å². The summed E-state index contributed by atoms with van der Waals surface area (Å²) in [7, 11) is 0. The Kier molecular flexibility index (Phi) is 16.8. The lowest BCUT2D eigenvalue weighted by Crippen LogP contribution is -2.52. The van der Waals surface area contributed by atoms with Gasteiger partial charge in [0, 0.05) is 37.1 Å². The van der Waals surface area contributed by atoms with E-state index in [1.54, 1.807) is 24.3 Å². The van der Waals surface area contributed by atoms with E-state index in [-0.39, 0.29) is 67.9 Å². The molecule has 1 heterocycles. The predicted octanol–water partition coefficient (Wildman–Crippen LogP) is 1.67. The molecule has 1 saturated heterocycles. The maximum atomic E-state index is 13.1. The van der Waals surface area contributed by atoms with Gasteiger partial charge in [-0.3, -0.25) is 43.3 Å². The molecule has 5 N–H and O–H groups in total. The third-order valence-corrected chi connectivity index (χ3v) is 9.74. The van der Waals surface area contributed by atoms with Crippen molar-refractivity contribution in [3.63, 3.8) is 0 Å². The van der Waals surface area contributed by atoms with Crippen LogP contribution in [0.4, 0.5) is 0 Å². The lowest BCUT2D eigenvalue weighted by atomic mass is 9.79. The van der Waals surface area contributed by atoms with Crippen LogP contribution in [0.2, 0.25) is 0 Å². The summed E-state index contributed by atoms with van der Waals surface area (Å²) in [4.78, 5) is 102. The summed E-state index contributed by atoms with van der Waals surface area (Å²) in [5.41, 5.74) is -0.785. The average molecular weight is 755 g/mol. The maximum absolute atomic E-state index is 13.1. The van der Waals surface area contributed by atoms with Gasteiger partial charge in [0.15, 0.2) is 5.78 Å². The van der Waals surface area contributed by atoms with Gasteiger partial charge in [0.2, 0.25) is 41.4 Å². The van der Waals surface area contributed by atoms with Crippen molar-refractivity contribution in [2.45, 2.75) is 110 Å². The van der Waals surface area contributed by atoms with Crippen LogP contribution in [0.15, 0.2) is 30.3 Å². The molecule has 1 unspecified atom stereocenters. The number of imide groups is 1. The quantitative estimate of drug-likeness (QED) is 0.0702. The van der Waals surface area contributed by atoms with Crippen LogP contribution in [0.3, 0.4) is 0 Å². The number of hydrogen-bond donors (Lipinski definition) is 5. The van der Waals surface area contributed by atoms with Gasteiger partial charge in [-0.1, -0.05) is 71.4 Å². The van der Waals surface area contributed by atoms with Crippen LogP contribution in [0.5, 0.6) is 0 Å². The SMILES string of the molecule is CC(C)C1CC(=O)N(CCCCCC(=O)NCC(=O)NCC(=O)N[C@@H](Cc2ccccc2)C(=O)NCC(=O)NCOC2(C(=O)C(C)(C)C)CCCC2)C1=O. The van der Waals surface area contributed by atoms with Crippen molar-refractivity contribution in [2.24, 2.45) is 17.3 Å². The summed E-state index contributed by atoms with van der Waals surface area (Å²) in [6, 6.07) is 7.90. The van der Waals surface area contributed by atoms with Crippen LogP contribution in [0.1, 0.15) is 98.0 Å². The molecule has 1 aromatic carbocycles. The molecule has 1 aliphatic heterocycles. The highest BCUT2D eigenvalue weighted by Gasteiger charge is 2.46. The second kappa shape index (κ2) is 20.7. The zero-order valence-electron chi connectivity index (χ0n) is 32.3. The number of carbonyl (C=O) groups excluding carboxylic acids is 8. The zero-order chi connectivity index (χ0) is 39.9. The average Bonchev–Trinajstić information content (AvgIpc) is 3.72. The molecule has 2 aliphatic rings. The van der Waals surface area contributed by atoms with Crippen LogP contribution in [0, 0.1) is 17.3 Å². The van der Waals surface area contributed by atoms with E-state index >= 15 is 0 Å². The summed E-state index contributed by atoms with van der Waals surface area (Å²) >= 11 is 0. The van der Waals surface area contributed by atoms with Crippen LogP contribution in [0.25, 0.3) is 0 Å². The number of amides is 7. The Hall–Kier alpha value is -4.66. The van der Waals surface area contributed by atoms with Gasteiger partial charge in [0.05, 0.1) is 19.6 Å². The van der Waals surface area contributed by atoms with Crippen molar-refractivity contribution in [1.29, 1.82) is 0 Å². The Morgan fingerprint density at radius 3 is 2.06 bits per heavy atom. The Morgan fingerprint density at radius 1 is 0.815 bits per heavy atom. The molecule has 2 atom stereocenters. The molecule has 298 valence electrons. The van der Waals surface area contributed by atoms with Gasteiger partial charge in [-0.25, -0.2) is 0 Å². The highest BCUT2D eigenvalue weighted by molar-refractivity contribution is 6.03. The maximum Gasteiger partial charge on any atom is 0.243 e. The molecule has 3 rings (SSSR count). The van der Waals surface area contributed by atoms with E-state index in [0.29, 0.717) is 38.6 Å². The number of benzene rings is 1. The summed E-state index contributed by atoms with van der Waals surface area (Å²) in [5, 5.41) is 12.7. The number of likely N-dealkylation sites (tertiary alicyclic amines) is 1. The summed E-state index contributed by atoms with van der Waals surface area (Å²) in [6.07, 6.45) is 5.12. The molecule has 0 bridgehead atoms. The first-order valence-electron chi connectivity index (χ1n) is 19.0. The van der Waals surface area contributed by atoms with Gasteiger partial charge in [0.25, 0.3) is 0 Å². The third kappa shape index (κ3) is 13.6. The standard InChI is InChI=1S/C39H58N6O9/c1-26(2)28-21-34(50)45(36(28)52)19-13-7-10-16-30(46)40-22-31(47)41-24-33(49)44-29(20-27-14-8-6-9-15-27)35(51)42-23-32(48)43-25-54-39(17-11-12-18-39)37(53)38(3,4)5/h6,8-9,14-15,26,28-29H,7,10-13,16-25H2,1-5H3,(H,40,46)(H,41,47)(H,42,51)(H,43,48)(H,44,49)/t28?,29-/m0/s1. The number of Topliss-reactive ketones (excluding diaryl/α,β-unsaturated/α-hetero) is 1. The van der Waals surface area contributed by atoms with Gasteiger partial charge < -0.3 is 31.3 Å². The van der Waals surface area contributed by atoms with E-state index in [1.807, 2.05) is 40.7 Å². The first-order chi connectivity index (χ1) is 25.5. The van der Waals surface area contributed by atoms with Crippen molar-refractivity contribution < 1.29 is 43.1 Å². The fraction of sp³-hybridized carbons (Fsp3) is 0.641. The summed E-state index contributed by atoms with van der Waals surface area (Å²) in [5.74, 6) is -3.21.